The maximum atomic E-state index is 12.7. The van der Waals surface area contributed by atoms with E-state index < -0.39 is 23.5 Å². The molecule has 0 aliphatic carbocycles. The van der Waals surface area contributed by atoms with Crippen LogP contribution in [-0.4, -0.2) is 31.4 Å². The number of aliphatic hydroxyl groups excluding tert-OH is 1. The third-order valence-electron chi connectivity index (χ3n) is 4.53. The molecule has 2 N–H and O–H groups in total. The number of nitrogens with one attached hydrogen (secondary N) is 1. The van der Waals surface area contributed by atoms with E-state index in [1.54, 1.807) is 31.2 Å². The number of alkyl halides is 3. The zero-order valence-electron chi connectivity index (χ0n) is 15.6. The van der Waals surface area contributed by atoms with Crippen LogP contribution in [0.25, 0.3) is 16.2 Å². The van der Waals surface area contributed by atoms with Gasteiger partial charge >= 0.3 is 11.8 Å². The first-order chi connectivity index (χ1) is 13.6. The van der Waals surface area contributed by atoms with E-state index in [1.165, 1.54) is 19.1 Å². The maximum absolute atomic E-state index is 12.7. The van der Waals surface area contributed by atoms with Gasteiger partial charge in [0.2, 0.25) is 5.82 Å². The standard InChI is InChI=1S/C19H18F3N6O/c1-12(29)18(2,23-3)28-26-17(25-27-28)15-6-4-5-7-16(15)24-14-10-8-13(9-11-14)19(20,21)22/h3-12,24,29H,1-2H3/q+1/t12-,18+/m0/s1. The van der Waals surface area contributed by atoms with E-state index in [0.717, 1.165) is 16.9 Å². The molecule has 3 aromatic rings. The van der Waals surface area contributed by atoms with Crippen molar-refractivity contribution < 1.29 is 18.3 Å². The highest BCUT2D eigenvalue weighted by atomic mass is 19.4. The van der Waals surface area contributed by atoms with E-state index in [1.807, 2.05) is 0 Å². The van der Waals surface area contributed by atoms with E-state index >= 15 is 0 Å². The summed E-state index contributed by atoms with van der Waals surface area (Å²) in [5.74, 6) is 0.232. The van der Waals surface area contributed by atoms with Crippen molar-refractivity contribution in [3.63, 3.8) is 0 Å². The molecule has 10 heteroatoms. The molecule has 2 atom stereocenters. The Morgan fingerprint density at radius 1 is 1.14 bits per heavy atom. The van der Waals surface area contributed by atoms with Crippen LogP contribution in [0.5, 0.6) is 0 Å². The highest BCUT2D eigenvalue weighted by Crippen LogP contribution is 2.32. The topological polar surface area (TPSA) is 80.2 Å². The number of hydrogen-bond acceptors (Lipinski definition) is 5. The molecule has 1 heterocycles. The van der Waals surface area contributed by atoms with Crippen molar-refractivity contribution in [3.05, 3.63) is 58.9 Å². The molecule has 0 radical (unpaired) electrons. The molecule has 3 rings (SSSR count). The predicted octanol–water partition coefficient (Wildman–Crippen LogP) is 4.12. The fourth-order valence-electron chi connectivity index (χ4n) is 2.53. The molecule has 7 nitrogen and oxygen atoms in total. The van der Waals surface area contributed by atoms with Crippen molar-refractivity contribution in [1.29, 1.82) is 0 Å². The second-order valence-electron chi connectivity index (χ2n) is 6.55. The number of halogens is 3. The SMILES string of the molecule is C#[N+][C@@](C)([C@H](C)O)n1nnc(-c2ccccc2Nc2ccc(C(F)(F)F)cc2)n1. The van der Waals surface area contributed by atoms with Gasteiger partial charge in [-0.05, 0) is 53.4 Å². The van der Waals surface area contributed by atoms with Crippen LogP contribution < -0.4 is 5.32 Å². The van der Waals surface area contributed by atoms with E-state index in [9.17, 15) is 18.3 Å². The molecule has 0 spiro atoms. The highest BCUT2D eigenvalue weighted by molar-refractivity contribution is 5.77. The minimum absolute atomic E-state index is 0.232. The number of rotatable bonds is 5. The summed E-state index contributed by atoms with van der Waals surface area (Å²) in [6.45, 7) is 8.46. The van der Waals surface area contributed by atoms with Crippen LogP contribution in [0.1, 0.15) is 19.4 Å². The Bertz CT molecular complexity index is 1040. The Kier molecular flexibility index (Phi) is 5.26. The van der Waals surface area contributed by atoms with Crippen LogP contribution in [0.15, 0.2) is 48.5 Å². The largest absolute Gasteiger partial charge is 0.416 e. The van der Waals surface area contributed by atoms with Gasteiger partial charge in [-0.2, -0.15) is 13.2 Å². The Hall–Kier alpha value is -3.45. The van der Waals surface area contributed by atoms with Crippen LogP contribution in [0, 0.1) is 6.57 Å². The molecule has 0 unspecified atom stereocenters. The third kappa shape index (κ3) is 4.05. The van der Waals surface area contributed by atoms with Crippen molar-refractivity contribution in [3.8, 4) is 18.0 Å². The lowest BCUT2D eigenvalue weighted by Crippen LogP contribution is -2.39. The average molecular weight is 403 g/mol. The number of tetrazole rings is 1. The van der Waals surface area contributed by atoms with Crippen LogP contribution in [0.4, 0.5) is 24.5 Å². The van der Waals surface area contributed by atoms with Crippen molar-refractivity contribution in [2.75, 3.05) is 5.32 Å². The zero-order valence-corrected chi connectivity index (χ0v) is 15.6. The highest BCUT2D eigenvalue weighted by Gasteiger charge is 2.45. The second kappa shape index (κ2) is 7.52. The molecular weight excluding hydrogens is 385 g/mol. The van der Waals surface area contributed by atoms with E-state index in [-0.39, 0.29) is 5.82 Å². The fourth-order valence-corrected chi connectivity index (χ4v) is 2.53. The molecule has 0 fully saturated rings. The van der Waals surface area contributed by atoms with Crippen LogP contribution >= 0.6 is 0 Å². The molecule has 1 aromatic heterocycles. The van der Waals surface area contributed by atoms with Gasteiger partial charge in [-0.25, -0.2) is 0 Å². The summed E-state index contributed by atoms with van der Waals surface area (Å²) >= 11 is 0. The maximum Gasteiger partial charge on any atom is 0.416 e. The summed E-state index contributed by atoms with van der Waals surface area (Å²) in [5.41, 5.74) is -0.451. The summed E-state index contributed by atoms with van der Waals surface area (Å²) in [7, 11) is 0. The number of benzene rings is 2. The van der Waals surface area contributed by atoms with Gasteiger partial charge in [-0.3, -0.25) is 0 Å². The third-order valence-corrected chi connectivity index (χ3v) is 4.53. The van der Waals surface area contributed by atoms with E-state index in [4.69, 9.17) is 6.57 Å². The zero-order chi connectivity index (χ0) is 21.2. The first-order valence-corrected chi connectivity index (χ1v) is 8.59. The average Bonchev–Trinajstić information content (AvgIpc) is 3.18. The molecule has 0 saturated heterocycles. The summed E-state index contributed by atoms with van der Waals surface area (Å²) in [6, 6.07) is 11.6. The Labute approximate surface area is 164 Å². The summed E-state index contributed by atoms with van der Waals surface area (Å²) in [5, 5.41) is 25.2. The van der Waals surface area contributed by atoms with E-state index in [2.05, 4.69) is 25.6 Å². The lowest BCUT2D eigenvalue weighted by molar-refractivity contribution is -0.137. The van der Waals surface area contributed by atoms with E-state index in [0.29, 0.717) is 16.9 Å². The Balaban J connectivity index is 1.92. The minimum Gasteiger partial charge on any atom is -0.382 e. The predicted molar refractivity (Wildman–Crippen MR) is 102 cm³/mol. The van der Waals surface area contributed by atoms with Gasteiger partial charge in [-0.15, -0.1) is 10.2 Å². The number of nitrogens with zero attached hydrogens (tertiary/aromatic N) is 5. The molecule has 0 aliphatic rings. The Morgan fingerprint density at radius 2 is 1.79 bits per heavy atom. The van der Waals surface area contributed by atoms with Gasteiger partial charge in [-0.1, -0.05) is 16.9 Å². The molecule has 0 aliphatic heterocycles. The van der Waals surface area contributed by atoms with Gasteiger partial charge in [0.15, 0.2) is 6.10 Å². The summed E-state index contributed by atoms with van der Waals surface area (Å²) in [4.78, 5) is 4.77. The van der Waals surface area contributed by atoms with Crippen molar-refractivity contribution in [2.45, 2.75) is 31.8 Å². The quantitative estimate of drug-likeness (QED) is 0.670. The fraction of sp³-hybridized carbons (Fsp3) is 0.263. The number of para-hydroxylation sites is 1. The van der Waals surface area contributed by atoms with Gasteiger partial charge < -0.3 is 10.4 Å². The van der Waals surface area contributed by atoms with Gasteiger partial charge in [0.05, 0.1) is 5.56 Å². The first kappa shape index (κ1) is 20.3. The van der Waals surface area contributed by atoms with Crippen molar-refractivity contribution in [1.82, 2.24) is 20.2 Å². The first-order valence-electron chi connectivity index (χ1n) is 8.59. The van der Waals surface area contributed by atoms with Crippen molar-refractivity contribution in [2.24, 2.45) is 0 Å². The molecule has 150 valence electrons. The van der Waals surface area contributed by atoms with Crippen LogP contribution in [0.2, 0.25) is 0 Å². The lowest BCUT2D eigenvalue weighted by atomic mass is 10.1. The number of hydrogen-bond donors (Lipinski definition) is 2. The lowest BCUT2D eigenvalue weighted by Gasteiger charge is -2.14. The number of anilines is 2. The van der Waals surface area contributed by atoms with Gasteiger partial charge in [0.25, 0.3) is 6.57 Å². The van der Waals surface area contributed by atoms with Crippen molar-refractivity contribution >= 4 is 11.4 Å². The molecule has 0 amide bonds. The van der Waals surface area contributed by atoms with Gasteiger partial charge in [0.1, 0.15) is 0 Å². The normalized spacial score (nSPS) is 14.7. The summed E-state index contributed by atoms with van der Waals surface area (Å²) < 4.78 is 38.2. The second-order valence-corrected chi connectivity index (χ2v) is 6.55. The van der Waals surface area contributed by atoms with Gasteiger partial charge in [0, 0.05) is 23.9 Å². The number of aromatic nitrogens is 4. The molecule has 2 aromatic carbocycles. The molecule has 29 heavy (non-hydrogen) atoms. The van der Waals surface area contributed by atoms with Crippen LogP contribution in [0.3, 0.4) is 0 Å². The minimum atomic E-state index is -4.40. The van der Waals surface area contributed by atoms with Crippen LogP contribution in [-0.2, 0) is 11.8 Å². The molecular formula is C19H18F3N6O+. The monoisotopic (exact) mass is 403 g/mol. The summed E-state index contributed by atoms with van der Waals surface area (Å²) in [6.07, 6.45) is -5.38. The molecule has 0 bridgehead atoms. The smallest absolute Gasteiger partial charge is 0.382 e. The number of aliphatic hydroxyl groups is 1. The molecule has 0 saturated carbocycles. The Morgan fingerprint density at radius 3 is 2.38 bits per heavy atom.